The zero-order valence-electron chi connectivity index (χ0n) is 10.2. The summed E-state index contributed by atoms with van der Waals surface area (Å²) in [5.74, 6) is 0.462. The summed E-state index contributed by atoms with van der Waals surface area (Å²) < 4.78 is 10.9. The van der Waals surface area contributed by atoms with Crippen LogP contribution in [0.2, 0.25) is 0 Å². The van der Waals surface area contributed by atoms with Crippen LogP contribution in [-0.4, -0.2) is 29.6 Å². The van der Waals surface area contributed by atoms with Gasteiger partial charge in [0.15, 0.2) is 5.58 Å². The molecular weight excluding hydrogens is 250 g/mol. The summed E-state index contributed by atoms with van der Waals surface area (Å²) in [5, 5.41) is 13.9. The van der Waals surface area contributed by atoms with Crippen LogP contribution in [0.15, 0.2) is 22.6 Å². The first kappa shape index (κ1) is 11.9. The topological polar surface area (TPSA) is 90.4 Å². The summed E-state index contributed by atoms with van der Waals surface area (Å²) in [5.41, 5.74) is 0.922. The second-order valence-corrected chi connectivity index (χ2v) is 4.56. The van der Waals surface area contributed by atoms with E-state index in [0.717, 1.165) is 19.5 Å². The van der Waals surface area contributed by atoms with Crippen molar-refractivity contribution in [3.63, 3.8) is 0 Å². The SMILES string of the molecule is O=[N+]([O-])c1ccc2oc(OCC3CCNC3)nc2c1. The lowest BCUT2D eigenvalue weighted by molar-refractivity contribution is -0.384. The number of hydrogen-bond acceptors (Lipinski definition) is 6. The van der Waals surface area contributed by atoms with E-state index in [9.17, 15) is 10.1 Å². The normalized spacial score (nSPS) is 18.8. The number of aromatic nitrogens is 1. The van der Waals surface area contributed by atoms with Gasteiger partial charge in [0, 0.05) is 24.6 Å². The Morgan fingerprint density at radius 2 is 2.47 bits per heavy atom. The molecule has 19 heavy (non-hydrogen) atoms. The van der Waals surface area contributed by atoms with Gasteiger partial charge < -0.3 is 14.5 Å². The van der Waals surface area contributed by atoms with E-state index in [1.54, 1.807) is 0 Å². The van der Waals surface area contributed by atoms with Gasteiger partial charge in [-0.3, -0.25) is 10.1 Å². The summed E-state index contributed by atoms with van der Waals surface area (Å²) in [6.07, 6.45) is 1.24. The Labute approximate surface area is 108 Å². The minimum absolute atomic E-state index is 0.00709. The Bertz CT molecular complexity index is 604. The number of nitrogens with one attached hydrogen (secondary N) is 1. The Hall–Kier alpha value is -2.15. The van der Waals surface area contributed by atoms with Gasteiger partial charge in [0.1, 0.15) is 5.52 Å². The number of fused-ring (bicyclic) bond motifs is 1. The van der Waals surface area contributed by atoms with Gasteiger partial charge in [-0.15, -0.1) is 0 Å². The van der Waals surface area contributed by atoms with Crippen LogP contribution in [0.1, 0.15) is 6.42 Å². The molecule has 100 valence electrons. The fourth-order valence-electron chi connectivity index (χ4n) is 2.12. The van der Waals surface area contributed by atoms with Crippen molar-refractivity contribution in [2.75, 3.05) is 19.7 Å². The van der Waals surface area contributed by atoms with Gasteiger partial charge >= 0.3 is 6.08 Å². The van der Waals surface area contributed by atoms with Gasteiger partial charge in [0.05, 0.1) is 11.5 Å². The summed E-state index contributed by atoms with van der Waals surface area (Å²) in [6.45, 7) is 2.49. The summed E-state index contributed by atoms with van der Waals surface area (Å²) in [7, 11) is 0. The molecule has 1 unspecified atom stereocenters. The number of ether oxygens (including phenoxy) is 1. The highest BCUT2D eigenvalue weighted by atomic mass is 16.6. The van der Waals surface area contributed by atoms with Crippen molar-refractivity contribution in [1.29, 1.82) is 0 Å². The number of nitro benzene ring substituents is 1. The van der Waals surface area contributed by atoms with Crippen LogP contribution in [0.5, 0.6) is 6.08 Å². The van der Waals surface area contributed by atoms with E-state index in [0.29, 0.717) is 23.6 Å². The second kappa shape index (κ2) is 4.85. The summed E-state index contributed by atoms with van der Waals surface area (Å²) >= 11 is 0. The van der Waals surface area contributed by atoms with Crippen molar-refractivity contribution >= 4 is 16.8 Å². The fourth-order valence-corrected chi connectivity index (χ4v) is 2.12. The van der Waals surface area contributed by atoms with Crippen molar-refractivity contribution in [3.05, 3.63) is 28.3 Å². The molecule has 1 aliphatic rings. The van der Waals surface area contributed by atoms with E-state index >= 15 is 0 Å². The van der Waals surface area contributed by atoms with Gasteiger partial charge in [-0.1, -0.05) is 0 Å². The van der Waals surface area contributed by atoms with E-state index < -0.39 is 4.92 Å². The number of rotatable bonds is 4. The lowest BCUT2D eigenvalue weighted by Gasteiger charge is -2.06. The summed E-state index contributed by atoms with van der Waals surface area (Å²) in [6, 6.07) is 4.30. The number of non-ortho nitro benzene ring substituents is 1. The second-order valence-electron chi connectivity index (χ2n) is 4.56. The van der Waals surface area contributed by atoms with Crippen molar-refractivity contribution in [3.8, 4) is 6.08 Å². The standard InChI is InChI=1S/C12H13N3O4/c16-15(17)9-1-2-11-10(5-9)14-12(19-11)18-7-8-3-4-13-6-8/h1-2,5,8,13H,3-4,6-7H2. The molecule has 1 aromatic heterocycles. The zero-order chi connectivity index (χ0) is 13.2. The number of nitro groups is 1. The van der Waals surface area contributed by atoms with Crippen LogP contribution in [0.3, 0.4) is 0 Å². The predicted octanol–water partition coefficient (Wildman–Crippen LogP) is 1.72. The molecule has 1 atom stereocenters. The molecule has 7 nitrogen and oxygen atoms in total. The van der Waals surface area contributed by atoms with Gasteiger partial charge in [-0.05, 0) is 19.0 Å². The molecule has 1 aliphatic heterocycles. The predicted molar refractivity (Wildman–Crippen MR) is 67.1 cm³/mol. The molecule has 3 rings (SSSR count). The maximum Gasteiger partial charge on any atom is 0.394 e. The highest BCUT2D eigenvalue weighted by Gasteiger charge is 2.17. The first-order valence-electron chi connectivity index (χ1n) is 6.11. The van der Waals surface area contributed by atoms with Crippen molar-refractivity contribution in [1.82, 2.24) is 10.3 Å². The van der Waals surface area contributed by atoms with Crippen molar-refractivity contribution in [2.45, 2.75) is 6.42 Å². The minimum atomic E-state index is -0.459. The van der Waals surface area contributed by atoms with Crippen LogP contribution in [0, 0.1) is 16.0 Å². The third kappa shape index (κ3) is 2.50. The monoisotopic (exact) mass is 263 g/mol. The van der Waals surface area contributed by atoms with Gasteiger partial charge in [0.2, 0.25) is 0 Å². The molecule has 2 heterocycles. The third-order valence-corrected chi connectivity index (χ3v) is 3.17. The smallest absolute Gasteiger partial charge is 0.394 e. The highest BCUT2D eigenvalue weighted by Crippen LogP contribution is 2.25. The van der Waals surface area contributed by atoms with Crippen LogP contribution >= 0.6 is 0 Å². The molecule has 0 aliphatic carbocycles. The largest absolute Gasteiger partial charge is 0.450 e. The molecule has 2 aromatic rings. The van der Waals surface area contributed by atoms with Gasteiger partial charge in [-0.2, -0.15) is 4.98 Å². The molecule has 0 bridgehead atoms. The van der Waals surface area contributed by atoms with Gasteiger partial charge in [0.25, 0.3) is 5.69 Å². The molecule has 7 heteroatoms. The maximum atomic E-state index is 10.7. The van der Waals surface area contributed by atoms with Crippen molar-refractivity contribution < 1.29 is 14.1 Å². The Morgan fingerprint density at radius 1 is 1.58 bits per heavy atom. The molecule has 0 radical (unpaired) electrons. The molecule has 1 saturated heterocycles. The van der Waals surface area contributed by atoms with Crippen LogP contribution in [0.25, 0.3) is 11.1 Å². The quantitative estimate of drug-likeness (QED) is 0.667. The number of oxazole rings is 1. The van der Waals surface area contributed by atoms with Crippen LogP contribution in [-0.2, 0) is 0 Å². The lowest BCUT2D eigenvalue weighted by Crippen LogP contribution is -2.15. The molecule has 0 saturated carbocycles. The van der Waals surface area contributed by atoms with Crippen molar-refractivity contribution in [2.24, 2.45) is 5.92 Å². The van der Waals surface area contributed by atoms with E-state index in [1.165, 1.54) is 18.2 Å². The highest BCUT2D eigenvalue weighted by molar-refractivity contribution is 5.75. The first-order valence-corrected chi connectivity index (χ1v) is 6.11. The number of nitrogens with zero attached hydrogens (tertiary/aromatic N) is 2. The van der Waals surface area contributed by atoms with Crippen LogP contribution in [0.4, 0.5) is 5.69 Å². The minimum Gasteiger partial charge on any atom is -0.450 e. The lowest BCUT2D eigenvalue weighted by atomic mass is 10.1. The maximum absolute atomic E-state index is 10.7. The van der Waals surface area contributed by atoms with E-state index in [2.05, 4.69) is 10.3 Å². The Balaban J connectivity index is 1.75. The number of hydrogen-bond donors (Lipinski definition) is 1. The summed E-state index contributed by atoms with van der Waals surface area (Å²) in [4.78, 5) is 14.3. The third-order valence-electron chi connectivity index (χ3n) is 3.17. The van der Waals surface area contributed by atoms with E-state index in [1.807, 2.05) is 0 Å². The molecule has 1 N–H and O–H groups in total. The Morgan fingerprint density at radius 3 is 3.21 bits per heavy atom. The molecule has 1 fully saturated rings. The molecule has 0 amide bonds. The molecule has 0 spiro atoms. The van der Waals surface area contributed by atoms with Crippen LogP contribution < -0.4 is 10.1 Å². The molecular formula is C12H13N3O4. The Kier molecular flexibility index (Phi) is 3.04. The average Bonchev–Trinajstić information content (AvgIpc) is 3.04. The van der Waals surface area contributed by atoms with Gasteiger partial charge in [-0.25, -0.2) is 0 Å². The first-order chi connectivity index (χ1) is 9.22. The van der Waals surface area contributed by atoms with E-state index in [-0.39, 0.29) is 11.8 Å². The average molecular weight is 263 g/mol. The zero-order valence-corrected chi connectivity index (χ0v) is 10.2. The fraction of sp³-hybridized carbons (Fsp3) is 0.417. The van der Waals surface area contributed by atoms with E-state index in [4.69, 9.17) is 9.15 Å². The number of benzene rings is 1. The molecule has 1 aromatic carbocycles.